The first-order valence-corrected chi connectivity index (χ1v) is 8.84. The van der Waals surface area contributed by atoms with Crippen LogP contribution in [0.15, 0.2) is 36.5 Å². The standard InChI is InChI=1S/C19H22N4O2/c24-17-9-13(12-23(17)16-6-7-16)10-21-19(25)22-11-15-4-1-3-14-5-2-8-20-18(14)15/h1-5,8,13,16H,6-7,9-12H2,(H2,21,22,25). The lowest BCUT2D eigenvalue weighted by atomic mass is 10.1. The second-order valence-electron chi connectivity index (χ2n) is 6.90. The first-order valence-electron chi connectivity index (χ1n) is 8.84. The van der Waals surface area contributed by atoms with Gasteiger partial charge in [-0.15, -0.1) is 0 Å². The second kappa shape index (κ2) is 6.70. The number of urea groups is 1. The molecule has 1 aliphatic carbocycles. The fourth-order valence-electron chi connectivity index (χ4n) is 3.47. The molecule has 0 spiro atoms. The molecule has 1 aromatic heterocycles. The van der Waals surface area contributed by atoms with Gasteiger partial charge in [0.2, 0.25) is 5.91 Å². The van der Waals surface area contributed by atoms with Crippen LogP contribution in [0.3, 0.4) is 0 Å². The number of likely N-dealkylation sites (tertiary alicyclic amines) is 1. The first kappa shape index (κ1) is 15.9. The number of hydrogen-bond acceptors (Lipinski definition) is 3. The summed E-state index contributed by atoms with van der Waals surface area (Å²) in [6.07, 6.45) is 4.57. The summed E-state index contributed by atoms with van der Waals surface area (Å²) in [5.41, 5.74) is 1.90. The summed E-state index contributed by atoms with van der Waals surface area (Å²) in [6, 6.07) is 10.1. The fourth-order valence-corrected chi connectivity index (χ4v) is 3.47. The van der Waals surface area contributed by atoms with Crippen LogP contribution in [0, 0.1) is 5.92 Å². The number of benzene rings is 1. The third kappa shape index (κ3) is 3.57. The van der Waals surface area contributed by atoms with Crippen molar-refractivity contribution in [3.8, 4) is 0 Å². The topological polar surface area (TPSA) is 74.3 Å². The minimum atomic E-state index is -0.203. The molecule has 2 aromatic rings. The molecule has 1 aliphatic heterocycles. The first-order chi connectivity index (χ1) is 12.2. The van der Waals surface area contributed by atoms with Crippen molar-refractivity contribution in [1.29, 1.82) is 0 Å². The molecule has 4 rings (SSSR count). The molecular formula is C19H22N4O2. The molecule has 6 nitrogen and oxygen atoms in total. The van der Waals surface area contributed by atoms with E-state index in [0.29, 0.717) is 25.6 Å². The van der Waals surface area contributed by atoms with Gasteiger partial charge in [-0.1, -0.05) is 24.3 Å². The van der Waals surface area contributed by atoms with Crippen molar-refractivity contribution < 1.29 is 9.59 Å². The number of nitrogens with one attached hydrogen (secondary N) is 2. The summed E-state index contributed by atoms with van der Waals surface area (Å²) in [5.74, 6) is 0.453. The van der Waals surface area contributed by atoms with Crippen LogP contribution >= 0.6 is 0 Å². The number of aromatic nitrogens is 1. The van der Waals surface area contributed by atoms with Crippen LogP contribution in [-0.2, 0) is 11.3 Å². The van der Waals surface area contributed by atoms with Crippen molar-refractivity contribution in [2.45, 2.75) is 31.8 Å². The SMILES string of the molecule is O=C(NCc1cccc2cccnc12)NCC1CC(=O)N(C2CC2)C1. The molecule has 1 saturated heterocycles. The Bertz CT molecular complexity index is 798. The van der Waals surface area contributed by atoms with Gasteiger partial charge in [0, 0.05) is 49.6 Å². The Morgan fingerprint density at radius 2 is 2.04 bits per heavy atom. The van der Waals surface area contributed by atoms with Crippen LogP contribution in [0.25, 0.3) is 10.9 Å². The number of nitrogens with zero attached hydrogens (tertiary/aromatic N) is 2. The van der Waals surface area contributed by atoms with Crippen LogP contribution in [0.5, 0.6) is 0 Å². The Hall–Kier alpha value is -2.63. The van der Waals surface area contributed by atoms with Gasteiger partial charge in [0.05, 0.1) is 5.52 Å². The maximum absolute atomic E-state index is 12.1. The van der Waals surface area contributed by atoms with Gasteiger partial charge in [0.1, 0.15) is 0 Å². The molecule has 6 heteroatoms. The monoisotopic (exact) mass is 338 g/mol. The van der Waals surface area contributed by atoms with Crippen LogP contribution in [0.2, 0.25) is 0 Å². The van der Waals surface area contributed by atoms with Crippen LogP contribution in [-0.4, -0.2) is 41.0 Å². The van der Waals surface area contributed by atoms with Gasteiger partial charge >= 0.3 is 6.03 Å². The van der Waals surface area contributed by atoms with Crippen LogP contribution in [0.1, 0.15) is 24.8 Å². The van der Waals surface area contributed by atoms with Gasteiger partial charge in [-0.25, -0.2) is 4.79 Å². The van der Waals surface area contributed by atoms with E-state index in [1.54, 1.807) is 6.20 Å². The minimum absolute atomic E-state index is 0.203. The maximum Gasteiger partial charge on any atom is 0.315 e. The molecular weight excluding hydrogens is 316 g/mol. The highest BCUT2D eigenvalue weighted by Crippen LogP contribution is 2.32. The van der Waals surface area contributed by atoms with E-state index in [1.165, 1.54) is 0 Å². The highest BCUT2D eigenvalue weighted by atomic mass is 16.2. The summed E-state index contributed by atoms with van der Waals surface area (Å²) in [6.45, 7) is 1.74. The Morgan fingerprint density at radius 3 is 2.88 bits per heavy atom. The van der Waals surface area contributed by atoms with E-state index in [9.17, 15) is 9.59 Å². The van der Waals surface area contributed by atoms with E-state index >= 15 is 0 Å². The lowest BCUT2D eigenvalue weighted by Gasteiger charge is -2.16. The van der Waals surface area contributed by atoms with Crippen molar-refractivity contribution in [1.82, 2.24) is 20.5 Å². The van der Waals surface area contributed by atoms with Gasteiger partial charge in [-0.2, -0.15) is 0 Å². The average Bonchev–Trinajstić information content (AvgIpc) is 3.41. The van der Waals surface area contributed by atoms with Crippen molar-refractivity contribution in [3.05, 3.63) is 42.1 Å². The summed E-state index contributed by atoms with van der Waals surface area (Å²) >= 11 is 0. The third-order valence-electron chi connectivity index (χ3n) is 4.93. The number of para-hydroxylation sites is 1. The van der Waals surface area contributed by atoms with E-state index in [2.05, 4.69) is 15.6 Å². The molecule has 1 unspecified atom stereocenters. The zero-order valence-corrected chi connectivity index (χ0v) is 14.1. The summed E-state index contributed by atoms with van der Waals surface area (Å²) in [4.78, 5) is 30.4. The maximum atomic E-state index is 12.1. The summed E-state index contributed by atoms with van der Waals surface area (Å²) in [5, 5.41) is 6.84. The molecule has 1 aromatic carbocycles. The number of carbonyl (C=O) groups excluding carboxylic acids is 2. The molecule has 0 radical (unpaired) electrons. The van der Waals surface area contributed by atoms with E-state index in [-0.39, 0.29) is 17.9 Å². The number of hydrogen-bond donors (Lipinski definition) is 2. The molecule has 25 heavy (non-hydrogen) atoms. The van der Waals surface area contributed by atoms with Gasteiger partial charge in [0.25, 0.3) is 0 Å². The second-order valence-corrected chi connectivity index (χ2v) is 6.90. The number of amides is 3. The highest BCUT2D eigenvalue weighted by Gasteiger charge is 2.39. The average molecular weight is 338 g/mol. The van der Waals surface area contributed by atoms with E-state index in [1.807, 2.05) is 35.2 Å². The lowest BCUT2D eigenvalue weighted by molar-refractivity contribution is -0.128. The van der Waals surface area contributed by atoms with Gasteiger partial charge in [0.15, 0.2) is 0 Å². The van der Waals surface area contributed by atoms with Gasteiger partial charge < -0.3 is 15.5 Å². The summed E-state index contributed by atoms with van der Waals surface area (Å²) in [7, 11) is 0. The zero-order chi connectivity index (χ0) is 17.2. The van der Waals surface area contributed by atoms with Crippen molar-refractivity contribution >= 4 is 22.8 Å². The molecule has 2 aliphatic rings. The molecule has 2 heterocycles. The van der Waals surface area contributed by atoms with Crippen molar-refractivity contribution in [2.75, 3.05) is 13.1 Å². The summed E-state index contributed by atoms with van der Waals surface area (Å²) < 4.78 is 0. The largest absolute Gasteiger partial charge is 0.339 e. The highest BCUT2D eigenvalue weighted by molar-refractivity contribution is 5.82. The van der Waals surface area contributed by atoms with Crippen molar-refractivity contribution in [3.63, 3.8) is 0 Å². The molecule has 0 bridgehead atoms. The van der Waals surface area contributed by atoms with E-state index in [4.69, 9.17) is 0 Å². The molecule has 1 atom stereocenters. The third-order valence-corrected chi connectivity index (χ3v) is 4.93. The Balaban J connectivity index is 1.27. The Kier molecular flexibility index (Phi) is 4.26. The minimum Gasteiger partial charge on any atom is -0.339 e. The normalized spacial score (nSPS) is 20.1. The number of pyridine rings is 1. The molecule has 130 valence electrons. The Labute approximate surface area is 146 Å². The molecule has 2 N–H and O–H groups in total. The van der Waals surface area contributed by atoms with Gasteiger partial charge in [-0.05, 0) is 24.5 Å². The van der Waals surface area contributed by atoms with Gasteiger partial charge in [-0.3, -0.25) is 9.78 Å². The number of rotatable bonds is 5. The van der Waals surface area contributed by atoms with Crippen LogP contribution < -0.4 is 10.6 Å². The zero-order valence-electron chi connectivity index (χ0n) is 14.1. The van der Waals surface area contributed by atoms with E-state index < -0.39 is 0 Å². The van der Waals surface area contributed by atoms with Crippen molar-refractivity contribution in [2.24, 2.45) is 5.92 Å². The smallest absolute Gasteiger partial charge is 0.315 e. The predicted molar refractivity (Wildman–Crippen MR) is 94.8 cm³/mol. The number of carbonyl (C=O) groups is 2. The molecule has 2 fully saturated rings. The molecule has 3 amide bonds. The Morgan fingerprint density at radius 1 is 1.20 bits per heavy atom. The van der Waals surface area contributed by atoms with Crippen LogP contribution in [0.4, 0.5) is 4.79 Å². The van der Waals surface area contributed by atoms with E-state index in [0.717, 1.165) is 35.9 Å². The predicted octanol–water partition coefficient (Wildman–Crippen LogP) is 2.04. The lowest BCUT2D eigenvalue weighted by Crippen LogP contribution is -2.38. The fraction of sp³-hybridized carbons (Fsp3) is 0.421. The quantitative estimate of drug-likeness (QED) is 0.876. The number of fused-ring (bicyclic) bond motifs is 1. The molecule has 1 saturated carbocycles.